The molecule has 148 valence electrons. The number of ether oxygens (including phenoxy) is 1. The monoisotopic (exact) mass is 408 g/mol. The number of nitrogens with one attached hydrogen (secondary N) is 1. The van der Waals surface area contributed by atoms with Crippen LogP contribution < -0.4 is 10.1 Å². The van der Waals surface area contributed by atoms with E-state index in [1.807, 2.05) is 54.6 Å². The summed E-state index contributed by atoms with van der Waals surface area (Å²) < 4.78 is 20.0. The Morgan fingerprint density at radius 3 is 2.59 bits per heavy atom. The van der Waals surface area contributed by atoms with Gasteiger partial charge in [-0.1, -0.05) is 60.7 Å². The number of nitrogens with zero attached hydrogens (tertiary/aromatic N) is 1. The Labute approximate surface area is 173 Å². The first kappa shape index (κ1) is 19.3. The number of hydrogen-bond donors (Lipinski definition) is 1. The van der Waals surface area contributed by atoms with E-state index in [9.17, 15) is 9.18 Å². The number of hydrogen-bond acceptors (Lipinski definition) is 3. The molecule has 0 unspecified atom stereocenters. The van der Waals surface area contributed by atoms with Crippen LogP contribution in [0.25, 0.3) is 0 Å². The van der Waals surface area contributed by atoms with E-state index >= 15 is 0 Å². The Morgan fingerprint density at radius 1 is 1.03 bits per heavy atom. The third kappa shape index (κ3) is 4.54. The molecule has 3 aromatic carbocycles. The molecule has 1 aliphatic heterocycles. The highest BCUT2D eigenvalue weighted by atomic mass is 32.2. The predicted octanol–water partition coefficient (Wildman–Crippen LogP) is 5.68. The topological polar surface area (TPSA) is 41.6 Å². The lowest BCUT2D eigenvalue weighted by Crippen LogP contribution is -2.34. The fraction of sp³-hybridized carbons (Fsp3) is 0.174. The maximum Gasteiger partial charge on any atom is 0.323 e. The molecule has 6 heteroatoms. The van der Waals surface area contributed by atoms with Crippen LogP contribution in [-0.2, 0) is 6.61 Å². The molecular formula is C23H21FN2O2S. The summed E-state index contributed by atoms with van der Waals surface area (Å²) >= 11 is 1.67. The van der Waals surface area contributed by atoms with Crippen molar-refractivity contribution in [3.8, 4) is 5.75 Å². The molecule has 4 rings (SSSR count). The van der Waals surface area contributed by atoms with Gasteiger partial charge in [0, 0.05) is 17.9 Å². The zero-order valence-corrected chi connectivity index (χ0v) is 16.6. The van der Waals surface area contributed by atoms with Crippen molar-refractivity contribution in [2.75, 3.05) is 17.6 Å². The molecule has 0 spiro atoms. The quantitative estimate of drug-likeness (QED) is 0.590. The second-order valence-electron chi connectivity index (χ2n) is 6.64. The second kappa shape index (κ2) is 9.01. The number of urea groups is 1. The highest BCUT2D eigenvalue weighted by Gasteiger charge is 2.32. The minimum Gasteiger partial charge on any atom is -0.489 e. The average molecular weight is 408 g/mol. The van der Waals surface area contributed by atoms with Crippen molar-refractivity contribution in [2.45, 2.75) is 12.0 Å². The Kier molecular flexibility index (Phi) is 6.00. The molecule has 0 saturated carbocycles. The van der Waals surface area contributed by atoms with Gasteiger partial charge in [0.05, 0.1) is 5.69 Å². The van der Waals surface area contributed by atoms with Gasteiger partial charge in [-0.25, -0.2) is 9.18 Å². The van der Waals surface area contributed by atoms with Crippen LogP contribution in [0.2, 0.25) is 0 Å². The Bertz CT molecular complexity index is 983. The Morgan fingerprint density at radius 2 is 1.76 bits per heavy atom. The van der Waals surface area contributed by atoms with E-state index in [0.29, 0.717) is 13.2 Å². The zero-order chi connectivity index (χ0) is 20.1. The van der Waals surface area contributed by atoms with Crippen molar-refractivity contribution in [3.05, 3.63) is 95.8 Å². The normalized spacial score (nSPS) is 15.9. The smallest absolute Gasteiger partial charge is 0.323 e. The lowest BCUT2D eigenvalue weighted by atomic mass is 10.1. The van der Waals surface area contributed by atoms with Gasteiger partial charge in [-0.05, 0) is 23.8 Å². The largest absolute Gasteiger partial charge is 0.489 e. The van der Waals surface area contributed by atoms with Gasteiger partial charge in [0.1, 0.15) is 23.5 Å². The van der Waals surface area contributed by atoms with Gasteiger partial charge in [0.2, 0.25) is 0 Å². The van der Waals surface area contributed by atoms with E-state index in [-0.39, 0.29) is 17.1 Å². The number of carbonyl (C=O) groups excluding carboxylic acids is 1. The van der Waals surface area contributed by atoms with Gasteiger partial charge in [0.25, 0.3) is 0 Å². The van der Waals surface area contributed by atoms with E-state index in [2.05, 4.69) is 5.32 Å². The summed E-state index contributed by atoms with van der Waals surface area (Å²) in [5.41, 5.74) is 2.20. The maximum atomic E-state index is 13.9. The molecule has 1 atom stereocenters. The molecule has 4 nitrogen and oxygen atoms in total. The van der Waals surface area contributed by atoms with Gasteiger partial charge in [-0.3, -0.25) is 0 Å². The Balaban J connectivity index is 1.51. The van der Waals surface area contributed by atoms with Gasteiger partial charge in [-0.2, -0.15) is 0 Å². The molecular weight excluding hydrogens is 387 g/mol. The number of anilines is 1. The van der Waals surface area contributed by atoms with E-state index in [0.717, 1.165) is 22.6 Å². The van der Waals surface area contributed by atoms with Crippen molar-refractivity contribution in [1.82, 2.24) is 4.90 Å². The molecule has 1 fully saturated rings. The molecule has 1 heterocycles. The van der Waals surface area contributed by atoms with Crippen molar-refractivity contribution >= 4 is 23.5 Å². The third-order valence-corrected chi connectivity index (χ3v) is 5.93. The first-order valence-electron chi connectivity index (χ1n) is 9.42. The van der Waals surface area contributed by atoms with Crippen molar-refractivity contribution in [2.24, 2.45) is 0 Å². The predicted molar refractivity (Wildman–Crippen MR) is 115 cm³/mol. The number of halogens is 1. The van der Waals surface area contributed by atoms with Gasteiger partial charge in [-0.15, -0.1) is 11.8 Å². The molecule has 0 aliphatic carbocycles. The summed E-state index contributed by atoms with van der Waals surface area (Å²) in [6.07, 6.45) is 0. The SMILES string of the molecule is O=C(Nc1ccccc1F)N1CCS[C@H]1c1ccccc1OCc1ccccc1. The minimum absolute atomic E-state index is 0.182. The number of para-hydroxylation sites is 2. The van der Waals surface area contributed by atoms with Gasteiger partial charge >= 0.3 is 6.03 Å². The standard InChI is InChI=1S/C23H21FN2O2S/c24-19-11-5-6-12-20(19)25-23(27)26-14-15-29-22(26)18-10-4-7-13-21(18)28-16-17-8-2-1-3-9-17/h1-13,22H,14-16H2,(H,25,27)/t22-/m0/s1. The van der Waals surface area contributed by atoms with E-state index in [1.54, 1.807) is 34.9 Å². The van der Waals surface area contributed by atoms with Crippen LogP contribution in [0.3, 0.4) is 0 Å². The fourth-order valence-electron chi connectivity index (χ4n) is 3.24. The first-order valence-corrected chi connectivity index (χ1v) is 10.5. The summed E-state index contributed by atoms with van der Waals surface area (Å²) in [6.45, 7) is 1.04. The van der Waals surface area contributed by atoms with Crippen LogP contribution >= 0.6 is 11.8 Å². The summed E-state index contributed by atoms with van der Waals surface area (Å²) in [5.74, 6) is 1.11. The van der Waals surface area contributed by atoms with Crippen LogP contribution in [0.15, 0.2) is 78.9 Å². The highest BCUT2D eigenvalue weighted by Crippen LogP contribution is 2.42. The highest BCUT2D eigenvalue weighted by molar-refractivity contribution is 7.99. The third-order valence-electron chi connectivity index (χ3n) is 4.69. The molecule has 0 aromatic heterocycles. The zero-order valence-electron chi connectivity index (χ0n) is 15.8. The molecule has 3 aromatic rings. The minimum atomic E-state index is -0.448. The molecule has 0 bridgehead atoms. The molecule has 0 radical (unpaired) electrons. The molecule has 1 saturated heterocycles. The van der Waals surface area contributed by atoms with Crippen LogP contribution in [0, 0.1) is 5.82 Å². The Hall–Kier alpha value is -2.99. The maximum absolute atomic E-state index is 13.9. The van der Waals surface area contributed by atoms with Crippen LogP contribution in [-0.4, -0.2) is 23.2 Å². The van der Waals surface area contributed by atoms with Gasteiger partial charge < -0.3 is 15.0 Å². The summed E-state index contributed by atoms with van der Waals surface area (Å²) in [5, 5.41) is 2.50. The van der Waals surface area contributed by atoms with Crippen LogP contribution in [0.5, 0.6) is 5.75 Å². The summed E-state index contributed by atoms with van der Waals surface area (Å²) in [4.78, 5) is 14.6. The summed E-state index contributed by atoms with van der Waals surface area (Å²) in [7, 11) is 0. The average Bonchev–Trinajstić information content (AvgIpc) is 3.25. The fourth-order valence-corrected chi connectivity index (χ4v) is 4.52. The van der Waals surface area contributed by atoms with E-state index < -0.39 is 5.82 Å². The molecule has 1 aliphatic rings. The molecule has 2 amide bonds. The molecule has 29 heavy (non-hydrogen) atoms. The lowest BCUT2D eigenvalue weighted by molar-refractivity contribution is 0.213. The van der Waals surface area contributed by atoms with Crippen molar-refractivity contribution in [1.29, 1.82) is 0 Å². The summed E-state index contributed by atoms with van der Waals surface area (Å²) in [6, 6.07) is 23.6. The second-order valence-corrected chi connectivity index (χ2v) is 7.83. The van der Waals surface area contributed by atoms with Gasteiger partial charge in [0.15, 0.2) is 0 Å². The van der Waals surface area contributed by atoms with Crippen LogP contribution in [0.1, 0.15) is 16.5 Å². The van der Waals surface area contributed by atoms with Crippen LogP contribution in [0.4, 0.5) is 14.9 Å². The lowest BCUT2D eigenvalue weighted by Gasteiger charge is -2.26. The first-order chi connectivity index (χ1) is 14.2. The van der Waals surface area contributed by atoms with Crippen molar-refractivity contribution in [3.63, 3.8) is 0 Å². The number of benzene rings is 3. The number of rotatable bonds is 5. The number of amides is 2. The molecule has 1 N–H and O–H groups in total. The van der Waals surface area contributed by atoms with Crippen molar-refractivity contribution < 1.29 is 13.9 Å². The van der Waals surface area contributed by atoms with E-state index in [1.165, 1.54) is 6.07 Å². The van der Waals surface area contributed by atoms with E-state index in [4.69, 9.17) is 4.74 Å². The number of thioether (sulfide) groups is 1. The number of carbonyl (C=O) groups is 1.